The summed E-state index contributed by atoms with van der Waals surface area (Å²) in [6, 6.07) is 6.25. The van der Waals surface area contributed by atoms with Gasteiger partial charge in [-0.15, -0.1) is 0 Å². The van der Waals surface area contributed by atoms with Crippen LogP contribution in [0.15, 0.2) is 18.2 Å². The lowest BCUT2D eigenvalue weighted by molar-refractivity contribution is 0.179. The summed E-state index contributed by atoms with van der Waals surface area (Å²) < 4.78 is 10.8. The normalized spacial score (nSPS) is 16.2. The fourth-order valence-corrected chi connectivity index (χ4v) is 2.34. The topological polar surface area (TPSA) is 30.5 Å². The number of anilines is 1. The van der Waals surface area contributed by atoms with Gasteiger partial charge in [0.05, 0.1) is 24.3 Å². The molecule has 0 spiro atoms. The Kier molecular flexibility index (Phi) is 5.34. The van der Waals surface area contributed by atoms with Crippen LogP contribution in [0.3, 0.4) is 0 Å². The molecule has 1 N–H and O–H groups in total. The molecule has 4 heteroatoms. The minimum absolute atomic E-state index is 0.378. The molecule has 0 bridgehead atoms. The number of hydrogen-bond acceptors (Lipinski definition) is 3. The van der Waals surface area contributed by atoms with Gasteiger partial charge in [-0.3, -0.25) is 0 Å². The molecule has 106 valence electrons. The molecule has 1 aliphatic rings. The minimum Gasteiger partial charge on any atom is -0.492 e. The average Bonchev–Trinajstić information content (AvgIpc) is 3.21. The molecule has 1 aromatic carbocycles. The number of ether oxygens (including phenoxy) is 2. The lowest BCUT2D eigenvalue weighted by Gasteiger charge is -2.19. The third-order valence-corrected chi connectivity index (χ3v) is 3.58. The molecule has 2 rings (SSSR count). The van der Waals surface area contributed by atoms with Crippen molar-refractivity contribution < 1.29 is 9.47 Å². The fraction of sp³-hybridized carbons (Fsp3) is 0.600. The largest absolute Gasteiger partial charge is 0.492 e. The predicted molar refractivity (Wildman–Crippen MR) is 79.2 cm³/mol. The zero-order chi connectivity index (χ0) is 13.7. The van der Waals surface area contributed by atoms with Crippen LogP contribution in [0, 0.1) is 5.92 Å². The molecule has 0 aromatic heterocycles. The molecule has 1 aliphatic carbocycles. The monoisotopic (exact) mass is 283 g/mol. The third-order valence-electron chi connectivity index (χ3n) is 3.28. The Labute approximate surface area is 120 Å². The van der Waals surface area contributed by atoms with E-state index in [-0.39, 0.29) is 0 Å². The molecule has 1 unspecified atom stereocenters. The highest BCUT2D eigenvalue weighted by Gasteiger charge is 2.31. The van der Waals surface area contributed by atoms with Crippen molar-refractivity contribution in [2.75, 3.05) is 25.6 Å². The molecule has 1 aromatic rings. The maximum Gasteiger partial charge on any atom is 0.138 e. The minimum atomic E-state index is 0.378. The summed E-state index contributed by atoms with van der Waals surface area (Å²) in [4.78, 5) is 0. The molecule has 1 saturated carbocycles. The molecule has 0 saturated heterocycles. The van der Waals surface area contributed by atoms with Gasteiger partial charge < -0.3 is 14.8 Å². The molecule has 1 atom stereocenters. The van der Waals surface area contributed by atoms with Crippen molar-refractivity contribution in [2.45, 2.75) is 32.2 Å². The summed E-state index contributed by atoms with van der Waals surface area (Å²) in [6.45, 7) is 3.51. The van der Waals surface area contributed by atoms with Crippen molar-refractivity contribution in [2.24, 2.45) is 5.92 Å². The van der Waals surface area contributed by atoms with Crippen LogP contribution in [0.25, 0.3) is 0 Å². The highest BCUT2D eigenvalue weighted by molar-refractivity contribution is 6.32. The van der Waals surface area contributed by atoms with Crippen LogP contribution in [0.5, 0.6) is 5.75 Å². The second-order valence-electron chi connectivity index (χ2n) is 5.04. The molecule has 3 nitrogen and oxygen atoms in total. The van der Waals surface area contributed by atoms with E-state index in [1.807, 2.05) is 18.2 Å². The smallest absolute Gasteiger partial charge is 0.138 e. The average molecular weight is 284 g/mol. The summed E-state index contributed by atoms with van der Waals surface area (Å²) in [5.74, 6) is 1.48. The second kappa shape index (κ2) is 7.01. The van der Waals surface area contributed by atoms with Gasteiger partial charge in [0.25, 0.3) is 0 Å². The van der Waals surface area contributed by atoms with E-state index in [0.717, 1.165) is 30.4 Å². The maximum atomic E-state index is 6.22. The molecular weight excluding hydrogens is 262 g/mol. The van der Waals surface area contributed by atoms with Gasteiger partial charge in [-0.05, 0) is 43.4 Å². The second-order valence-corrected chi connectivity index (χ2v) is 5.44. The summed E-state index contributed by atoms with van der Waals surface area (Å²) in [6.07, 6.45) is 3.55. The fourth-order valence-electron chi connectivity index (χ4n) is 2.11. The van der Waals surface area contributed by atoms with E-state index >= 15 is 0 Å². The van der Waals surface area contributed by atoms with Gasteiger partial charge in [-0.2, -0.15) is 0 Å². The van der Waals surface area contributed by atoms with Crippen molar-refractivity contribution in [3.05, 3.63) is 23.2 Å². The maximum absolute atomic E-state index is 6.22. The van der Waals surface area contributed by atoms with Gasteiger partial charge in [-0.1, -0.05) is 18.5 Å². The van der Waals surface area contributed by atoms with Crippen LogP contribution >= 0.6 is 11.6 Å². The van der Waals surface area contributed by atoms with Gasteiger partial charge in [0, 0.05) is 12.8 Å². The Hall–Kier alpha value is -0.930. The van der Waals surface area contributed by atoms with Crippen LogP contribution in [0.4, 0.5) is 5.69 Å². The van der Waals surface area contributed by atoms with E-state index in [1.165, 1.54) is 12.8 Å². The molecule has 0 heterocycles. The van der Waals surface area contributed by atoms with E-state index < -0.39 is 0 Å². The van der Waals surface area contributed by atoms with Gasteiger partial charge in [-0.25, -0.2) is 0 Å². The molecule has 0 aliphatic heterocycles. The Morgan fingerprint density at radius 3 is 2.79 bits per heavy atom. The van der Waals surface area contributed by atoms with Crippen LogP contribution in [-0.4, -0.2) is 26.4 Å². The first kappa shape index (κ1) is 14.5. The lowest BCUT2D eigenvalue weighted by Crippen LogP contribution is -2.27. The van der Waals surface area contributed by atoms with Crippen molar-refractivity contribution in [1.29, 1.82) is 0 Å². The summed E-state index contributed by atoms with van der Waals surface area (Å²) in [5.41, 5.74) is 1.03. The summed E-state index contributed by atoms with van der Waals surface area (Å²) in [7, 11) is 1.74. The highest BCUT2D eigenvalue weighted by Crippen LogP contribution is 2.35. The quantitative estimate of drug-likeness (QED) is 0.783. The Balaban J connectivity index is 1.98. The van der Waals surface area contributed by atoms with Crippen LogP contribution in [-0.2, 0) is 4.74 Å². The van der Waals surface area contributed by atoms with E-state index in [9.17, 15) is 0 Å². The van der Waals surface area contributed by atoms with Gasteiger partial charge >= 0.3 is 0 Å². The molecule has 0 amide bonds. The first-order valence-corrected chi connectivity index (χ1v) is 7.30. The Bertz CT molecular complexity index is 407. The van der Waals surface area contributed by atoms with Crippen molar-refractivity contribution >= 4 is 17.3 Å². The summed E-state index contributed by atoms with van der Waals surface area (Å²) >= 11 is 6.22. The van der Waals surface area contributed by atoms with Gasteiger partial charge in [0.2, 0.25) is 0 Å². The number of halogens is 1. The zero-order valence-electron chi connectivity index (χ0n) is 11.6. The van der Waals surface area contributed by atoms with Crippen LogP contribution in [0.1, 0.15) is 26.2 Å². The lowest BCUT2D eigenvalue weighted by atomic mass is 10.2. The number of benzene rings is 1. The van der Waals surface area contributed by atoms with E-state index in [0.29, 0.717) is 17.7 Å². The summed E-state index contributed by atoms with van der Waals surface area (Å²) in [5, 5.41) is 4.16. The predicted octanol–water partition coefficient (Wildman–Crippen LogP) is 3.97. The number of rotatable bonds is 8. The first-order chi connectivity index (χ1) is 9.24. The van der Waals surface area contributed by atoms with E-state index in [2.05, 4.69) is 12.2 Å². The van der Waals surface area contributed by atoms with Crippen molar-refractivity contribution in [3.8, 4) is 5.75 Å². The van der Waals surface area contributed by atoms with Gasteiger partial charge in [0.15, 0.2) is 0 Å². The number of hydrogen-bond donors (Lipinski definition) is 1. The first-order valence-electron chi connectivity index (χ1n) is 6.92. The standard InChI is InChI=1S/C15H22ClNO2/c1-3-8-19-15-7-6-12(9-13(15)16)17-14(10-18-2)11-4-5-11/h6-7,9,11,14,17H,3-5,8,10H2,1-2H3. The van der Waals surface area contributed by atoms with E-state index in [4.69, 9.17) is 21.1 Å². The Morgan fingerprint density at radius 1 is 1.42 bits per heavy atom. The van der Waals surface area contributed by atoms with Crippen LogP contribution < -0.4 is 10.1 Å². The van der Waals surface area contributed by atoms with Crippen molar-refractivity contribution in [1.82, 2.24) is 0 Å². The molecule has 0 radical (unpaired) electrons. The number of methoxy groups -OCH3 is 1. The molecule has 19 heavy (non-hydrogen) atoms. The van der Waals surface area contributed by atoms with E-state index in [1.54, 1.807) is 7.11 Å². The third kappa shape index (κ3) is 4.29. The Morgan fingerprint density at radius 2 is 2.21 bits per heavy atom. The van der Waals surface area contributed by atoms with Crippen molar-refractivity contribution in [3.63, 3.8) is 0 Å². The highest BCUT2D eigenvalue weighted by atomic mass is 35.5. The molecular formula is C15H22ClNO2. The van der Waals surface area contributed by atoms with Gasteiger partial charge in [0.1, 0.15) is 5.75 Å². The SMILES string of the molecule is CCCOc1ccc(NC(COC)C2CC2)cc1Cl. The molecule has 1 fully saturated rings. The number of nitrogens with one attached hydrogen (secondary N) is 1. The van der Waals surface area contributed by atoms with Crippen LogP contribution in [0.2, 0.25) is 5.02 Å². The zero-order valence-corrected chi connectivity index (χ0v) is 12.4.